The van der Waals surface area contributed by atoms with Gasteiger partial charge in [-0.25, -0.2) is 14.8 Å². The molecule has 1 unspecified atom stereocenters. The molecule has 2 aliphatic heterocycles. The zero-order valence-corrected chi connectivity index (χ0v) is 33.4. The van der Waals surface area contributed by atoms with Crippen molar-refractivity contribution in [3.05, 3.63) is 105 Å². The molecule has 0 aliphatic carbocycles. The maximum absolute atomic E-state index is 13.8. The van der Waals surface area contributed by atoms with Crippen molar-refractivity contribution in [1.29, 1.82) is 0 Å². The Bertz CT molecular complexity index is 2380. The van der Waals surface area contributed by atoms with Crippen molar-refractivity contribution in [2.24, 2.45) is 0 Å². The van der Waals surface area contributed by atoms with E-state index in [1.165, 1.54) is 15.5 Å². The molecule has 12 nitrogen and oxygen atoms in total. The van der Waals surface area contributed by atoms with Crippen LogP contribution in [0.4, 0.5) is 4.79 Å². The summed E-state index contributed by atoms with van der Waals surface area (Å²) < 4.78 is 12.7. The second-order valence-electron chi connectivity index (χ2n) is 15.7. The highest BCUT2D eigenvalue weighted by Crippen LogP contribution is 2.42. The molecule has 56 heavy (non-hydrogen) atoms. The Labute approximate surface area is 335 Å². The van der Waals surface area contributed by atoms with Crippen LogP contribution in [0.15, 0.2) is 77.9 Å². The number of likely N-dealkylation sites (tertiary alicyclic amines) is 1. The number of benzene rings is 2. The maximum Gasteiger partial charge on any atom is 0.410 e. The van der Waals surface area contributed by atoms with Gasteiger partial charge >= 0.3 is 6.09 Å². The third-order valence-corrected chi connectivity index (χ3v) is 10.7. The minimum atomic E-state index is -0.745. The topological polar surface area (TPSA) is 139 Å². The highest BCUT2D eigenvalue weighted by molar-refractivity contribution is 6.39. The first-order valence-corrected chi connectivity index (χ1v) is 19.2. The zero-order valence-electron chi connectivity index (χ0n) is 31.9. The third-order valence-electron chi connectivity index (χ3n) is 9.85. The summed E-state index contributed by atoms with van der Waals surface area (Å²) in [5, 5.41) is 14.0. The molecule has 2 saturated heterocycles. The molecule has 0 bridgehead atoms. The number of nitrogens with zero attached hydrogens (tertiary/aromatic N) is 5. The standard InChI is InChI=1S/C42H44Cl2N6O6/c1-41(2,3)56-40(53)49(22-28-13-15-35(51)46-28)21-27-19-45-34-18-25(16-17-50(34)39(27)52)29-8-6-9-30(36(29)43)31-10-7-11-32(37(31)44)33-14-12-26(38(47-33)55-5)20-48-23-42(4,54)24-48/h6-12,14,16-19,28,54H,13,15,20-24H2,1-5H3,(H,46,51). The van der Waals surface area contributed by atoms with Crippen LogP contribution in [0, 0.1) is 0 Å². The number of β-amino-alcohol motifs (C(OH)–C–C–N with tert-alkyl or cyclic N) is 1. The molecule has 5 aromatic rings. The van der Waals surface area contributed by atoms with Crippen LogP contribution >= 0.6 is 23.2 Å². The van der Waals surface area contributed by atoms with Crippen LogP contribution in [-0.2, 0) is 22.6 Å². The number of nitrogens with one attached hydrogen (secondary N) is 1. The summed E-state index contributed by atoms with van der Waals surface area (Å²) in [6, 6.07) is 18.6. The number of fused-ring (bicyclic) bond motifs is 1. The summed E-state index contributed by atoms with van der Waals surface area (Å²) in [6.07, 6.45) is 3.50. The number of amides is 2. The highest BCUT2D eigenvalue weighted by atomic mass is 35.5. The van der Waals surface area contributed by atoms with Crippen LogP contribution in [0.2, 0.25) is 10.0 Å². The smallest absolute Gasteiger partial charge is 0.410 e. The second-order valence-corrected chi connectivity index (χ2v) is 16.5. The first-order valence-electron chi connectivity index (χ1n) is 18.4. The normalized spacial score (nSPS) is 16.7. The van der Waals surface area contributed by atoms with Crippen molar-refractivity contribution in [1.82, 2.24) is 29.5 Å². The number of aliphatic hydroxyl groups is 1. The number of rotatable bonds is 10. The van der Waals surface area contributed by atoms with Gasteiger partial charge in [-0.15, -0.1) is 0 Å². The first-order chi connectivity index (χ1) is 26.6. The van der Waals surface area contributed by atoms with Gasteiger partial charge in [0, 0.05) is 78.9 Å². The Kier molecular flexibility index (Phi) is 10.9. The third kappa shape index (κ3) is 8.39. The predicted octanol–water partition coefficient (Wildman–Crippen LogP) is 6.99. The lowest BCUT2D eigenvalue weighted by Crippen LogP contribution is -2.59. The molecule has 5 heterocycles. The van der Waals surface area contributed by atoms with Crippen LogP contribution in [0.1, 0.15) is 51.7 Å². The molecule has 0 spiro atoms. The van der Waals surface area contributed by atoms with Gasteiger partial charge in [0.05, 0.1) is 40.6 Å². The van der Waals surface area contributed by atoms with E-state index in [1.54, 1.807) is 46.2 Å². The molecule has 0 saturated carbocycles. The van der Waals surface area contributed by atoms with Gasteiger partial charge < -0.3 is 24.8 Å². The van der Waals surface area contributed by atoms with E-state index in [2.05, 4.69) is 15.2 Å². The van der Waals surface area contributed by atoms with Crippen molar-refractivity contribution < 1.29 is 24.2 Å². The van der Waals surface area contributed by atoms with E-state index in [-0.39, 0.29) is 30.6 Å². The fraction of sp³-hybridized carbons (Fsp3) is 0.357. The van der Waals surface area contributed by atoms with Crippen LogP contribution < -0.4 is 15.6 Å². The number of carbonyl (C=O) groups is 2. The van der Waals surface area contributed by atoms with Gasteiger partial charge in [-0.1, -0.05) is 65.7 Å². The van der Waals surface area contributed by atoms with E-state index < -0.39 is 17.3 Å². The Balaban J connectivity index is 1.15. The summed E-state index contributed by atoms with van der Waals surface area (Å²) in [5.74, 6) is 0.422. The van der Waals surface area contributed by atoms with Crippen LogP contribution in [0.25, 0.3) is 39.2 Å². The Morgan fingerprint density at radius 2 is 1.68 bits per heavy atom. The fourth-order valence-electron chi connectivity index (χ4n) is 7.29. The van der Waals surface area contributed by atoms with Gasteiger partial charge in [-0.2, -0.15) is 0 Å². The van der Waals surface area contributed by atoms with E-state index in [0.717, 1.165) is 22.3 Å². The molecule has 2 aromatic carbocycles. The summed E-state index contributed by atoms with van der Waals surface area (Å²) in [6.45, 7) is 9.08. The number of hydrogen-bond acceptors (Lipinski definition) is 9. The zero-order chi connectivity index (χ0) is 39.9. The van der Waals surface area contributed by atoms with Crippen LogP contribution in [0.5, 0.6) is 5.88 Å². The fourth-order valence-corrected chi connectivity index (χ4v) is 7.95. The molecule has 292 valence electrons. The van der Waals surface area contributed by atoms with Gasteiger partial charge in [0.2, 0.25) is 11.8 Å². The lowest BCUT2D eigenvalue weighted by molar-refractivity contribution is -0.119. The maximum atomic E-state index is 13.8. The number of hydrogen-bond donors (Lipinski definition) is 2. The molecule has 2 amide bonds. The summed E-state index contributed by atoms with van der Waals surface area (Å²) in [7, 11) is 1.59. The highest BCUT2D eigenvalue weighted by Gasteiger charge is 2.36. The average molecular weight is 800 g/mol. The first kappa shape index (κ1) is 39.2. The molecular weight excluding hydrogens is 755 g/mol. The summed E-state index contributed by atoms with van der Waals surface area (Å²) in [4.78, 5) is 51.8. The quantitative estimate of drug-likeness (QED) is 0.153. The molecule has 0 radical (unpaired) electrons. The minimum absolute atomic E-state index is 0.0410. The molecular formula is C42H44Cl2N6O6. The van der Waals surface area contributed by atoms with Crippen molar-refractivity contribution in [3.63, 3.8) is 0 Å². The van der Waals surface area contributed by atoms with E-state index >= 15 is 0 Å². The van der Waals surface area contributed by atoms with Crippen LogP contribution in [0.3, 0.4) is 0 Å². The van der Waals surface area contributed by atoms with Gasteiger partial charge in [0.15, 0.2) is 0 Å². The van der Waals surface area contributed by atoms with Crippen molar-refractivity contribution in [2.45, 2.75) is 70.9 Å². The van der Waals surface area contributed by atoms with Gasteiger partial charge in [-0.3, -0.25) is 18.9 Å². The molecule has 2 N–H and O–H groups in total. The minimum Gasteiger partial charge on any atom is -0.481 e. The van der Waals surface area contributed by atoms with Gasteiger partial charge in [0.1, 0.15) is 11.2 Å². The Hall–Kier alpha value is -5.01. The number of halogens is 2. The van der Waals surface area contributed by atoms with Crippen molar-refractivity contribution >= 4 is 40.8 Å². The van der Waals surface area contributed by atoms with Crippen molar-refractivity contribution in [3.8, 4) is 39.4 Å². The SMILES string of the molecule is COc1nc(-c2cccc(-c3cccc(-c4ccn5c(=O)c(CN(CC6CCC(=O)N6)C(=O)OC(C)(C)C)cnc5c4)c3Cl)c2Cl)ccc1CN1CC(C)(O)C1. The van der Waals surface area contributed by atoms with E-state index in [4.69, 9.17) is 37.7 Å². The Morgan fingerprint density at radius 3 is 2.32 bits per heavy atom. The summed E-state index contributed by atoms with van der Waals surface area (Å²) in [5.41, 5.74) is 4.10. The lowest BCUT2D eigenvalue weighted by Gasteiger charge is -2.44. The van der Waals surface area contributed by atoms with Crippen LogP contribution in [-0.4, -0.2) is 85.3 Å². The largest absolute Gasteiger partial charge is 0.481 e. The van der Waals surface area contributed by atoms with E-state index in [1.807, 2.05) is 55.5 Å². The van der Waals surface area contributed by atoms with E-state index in [0.29, 0.717) is 76.4 Å². The average Bonchev–Trinajstić information content (AvgIpc) is 3.55. The van der Waals surface area contributed by atoms with E-state index in [9.17, 15) is 19.5 Å². The molecule has 7 rings (SSSR count). The Morgan fingerprint density at radius 1 is 1.00 bits per heavy atom. The number of ether oxygens (including phenoxy) is 2. The van der Waals surface area contributed by atoms with Gasteiger partial charge in [-0.05, 0) is 57.9 Å². The molecule has 2 aliphatic rings. The lowest BCUT2D eigenvalue weighted by atomic mass is 9.96. The monoisotopic (exact) mass is 798 g/mol. The molecule has 3 aromatic heterocycles. The predicted molar refractivity (Wildman–Crippen MR) is 216 cm³/mol. The number of carbonyl (C=O) groups excluding carboxylic acids is 2. The van der Waals surface area contributed by atoms with Crippen molar-refractivity contribution in [2.75, 3.05) is 26.7 Å². The van der Waals surface area contributed by atoms with Gasteiger partial charge in [0.25, 0.3) is 5.56 Å². The second kappa shape index (κ2) is 15.5. The molecule has 14 heteroatoms. The molecule has 1 atom stereocenters. The molecule has 2 fully saturated rings. The number of methoxy groups -OCH3 is 1. The number of pyridine rings is 2. The summed E-state index contributed by atoms with van der Waals surface area (Å²) >= 11 is 14.2. The number of aromatic nitrogens is 3.